The van der Waals surface area contributed by atoms with Crippen LogP contribution in [-0.4, -0.2) is 31.8 Å². The van der Waals surface area contributed by atoms with Crippen LogP contribution in [0.4, 0.5) is 5.69 Å². The first kappa shape index (κ1) is 12.5. The Labute approximate surface area is 106 Å². The first-order chi connectivity index (χ1) is 8.65. The molecule has 0 saturated heterocycles. The third kappa shape index (κ3) is 2.34. The molecule has 0 aromatic heterocycles. The molecule has 2 rings (SSSR count). The number of fused-ring (bicyclic) bond motifs is 1. The van der Waals surface area contributed by atoms with Crippen LogP contribution in [0.3, 0.4) is 0 Å². The van der Waals surface area contributed by atoms with Gasteiger partial charge in [0.05, 0.1) is 14.2 Å². The predicted octanol–water partition coefficient (Wildman–Crippen LogP) is 2.08. The molecule has 18 heavy (non-hydrogen) atoms. The normalized spacial score (nSPS) is 16.9. The lowest BCUT2D eigenvalue weighted by Gasteiger charge is -2.12. The number of nitrogens with one attached hydrogen (secondary N) is 1. The number of anilines is 1. The Kier molecular flexibility index (Phi) is 3.60. The van der Waals surface area contributed by atoms with Crippen LogP contribution >= 0.6 is 0 Å². The highest BCUT2D eigenvalue weighted by atomic mass is 16.5. The number of benzene rings is 1. The third-order valence-electron chi connectivity index (χ3n) is 3.24. The Morgan fingerprint density at radius 3 is 2.67 bits per heavy atom. The summed E-state index contributed by atoms with van der Waals surface area (Å²) in [6.07, 6.45) is 0.810. The summed E-state index contributed by atoms with van der Waals surface area (Å²) >= 11 is 0. The molecule has 5 nitrogen and oxygen atoms in total. The van der Waals surface area contributed by atoms with E-state index in [9.17, 15) is 4.79 Å². The molecular formula is C13H17NO4. The minimum atomic E-state index is -0.760. The van der Waals surface area contributed by atoms with Crippen molar-refractivity contribution in [2.45, 2.75) is 18.8 Å². The maximum atomic E-state index is 10.6. The highest BCUT2D eigenvalue weighted by molar-refractivity contribution is 5.68. The molecule has 1 aromatic carbocycles. The summed E-state index contributed by atoms with van der Waals surface area (Å²) in [5, 5.41) is 12.0. The minimum Gasteiger partial charge on any atom is -0.493 e. The lowest BCUT2D eigenvalue weighted by atomic mass is 9.96. The van der Waals surface area contributed by atoms with E-state index < -0.39 is 5.97 Å². The highest BCUT2D eigenvalue weighted by Gasteiger charge is 2.25. The number of carbonyl (C=O) groups is 1. The number of methoxy groups -OCH3 is 2. The zero-order valence-electron chi connectivity index (χ0n) is 10.5. The first-order valence-electron chi connectivity index (χ1n) is 5.87. The Morgan fingerprint density at radius 2 is 2.06 bits per heavy atom. The van der Waals surface area contributed by atoms with Gasteiger partial charge in [-0.15, -0.1) is 0 Å². The number of carboxylic acids is 1. The molecule has 1 heterocycles. The number of hydrogen-bond acceptors (Lipinski definition) is 4. The van der Waals surface area contributed by atoms with E-state index in [1.807, 2.05) is 12.1 Å². The van der Waals surface area contributed by atoms with Crippen molar-refractivity contribution in [1.82, 2.24) is 0 Å². The molecule has 0 saturated carbocycles. The summed E-state index contributed by atoms with van der Waals surface area (Å²) in [7, 11) is 3.19. The lowest BCUT2D eigenvalue weighted by molar-refractivity contribution is -0.137. The van der Waals surface area contributed by atoms with Crippen molar-refractivity contribution in [1.29, 1.82) is 0 Å². The van der Waals surface area contributed by atoms with Gasteiger partial charge in [0.1, 0.15) is 0 Å². The molecule has 5 heteroatoms. The molecule has 1 atom stereocenters. The largest absolute Gasteiger partial charge is 0.493 e. The number of rotatable bonds is 5. The second-order valence-electron chi connectivity index (χ2n) is 4.30. The van der Waals surface area contributed by atoms with Crippen LogP contribution in [0.2, 0.25) is 0 Å². The van der Waals surface area contributed by atoms with Crippen molar-refractivity contribution >= 4 is 11.7 Å². The number of hydrogen-bond donors (Lipinski definition) is 2. The van der Waals surface area contributed by atoms with Gasteiger partial charge in [0.25, 0.3) is 0 Å². The smallest absolute Gasteiger partial charge is 0.303 e. The van der Waals surface area contributed by atoms with Gasteiger partial charge in [-0.1, -0.05) is 0 Å². The van der Waals surface area contributed by atoms with Crippen LogP contribution < -0.4 is 14.8 Å². The van der Waals surface area contributed by atoms with Gasteiger partial charge in [-0.2, -0.15) is 0 Å². The summed E-state index contributed by atoms with van der Waals surface area (Å²) in [6, 6.07) is 3.83. The van der Waals surface area contributed by atoms with Gasteiger partial charge in [0.15, 0.2) is 11.5 Å². The summed E-state index contributed by atoms with van der Waals surface area (Å²) in [5.74, 6) is 0.822. The topological polar surface area (TPSA) is 67.8 Å². The minimum absolute atomic E-state index is 0.181. The molecule has 98 valence electrons. The molecule has 0 fully saturated rings. The van der Waals surface area contributed by atoms with Crippen molar-refractivity contribution in [2.24, 2.45) is 0 Å². The SMILES string of the molecule is COc1cc2c(cc1OC)C(CCC(=O)O)CN2. The quantitative estimate of drug-likeness (QED) is 0.838. The molecule has 0 spiro atoms. The lowest BCUT2D eigenvalue weighted by Crippen LogP contribution is -2.05. The number of aliphatic carboxylic acids is 1. The molecular weight excluding hydrogens is 234 g/mol. The molecule has 1 unspecified atom stereocenters. The van der Waals surface area contributed by atoms with Crippen LogP contribution in [0.15, 0.2) is 12.1 Å². The van der Waals surface area contributed by atoms with Gasteiger partial charge in [-0.25, -0.2) is 0 Å². The zero-order valence-corrected chi connectivity index (χ0v) is 10.5. The van der Waals surface area contributed by atoms with Gasteiger partial charge in [-0.05, 0) is 18.1 Å². The van der Waals surface area contributed by atoms with Gasteiger partial charge >= 0.3 is 5.97 Å². The van der Waals surface area contributed by atoms with Gasteiger partial charge < -0.3 is 19.9 Å². The van der Waals surface area contributed by atoms with Crippen LogP contribution in [0.1, 0.15) is 24.3 Å². The van der Waals surface area contributed by atoms with Gasteiger partial charge in [-0.3, -0.25) is 4.79 Å². The van der Waals surface area contributed by atoms with Crippen LogP contribution in [0, 0.1) is 0 Å². The van der Waals surface area contributed by atoms with E-state index in [0.717, 1.165) is 17.8 Å². The van der Waals surface area contributed by atoms with E-state index >= 15 is 0 Å². The second-order valence-corrected chi connectivity index (χ2v) is 4.30. The second kappa shape index (κ2) is 5.16. The molecule has 0 radical (unpaired) electrons. The fourth-order valence-corrected chi connectivity index (χ4v) is 2.28. The summed E-state index contributed by atoms with van der Waals surface area (Å²) in [6.45, 7) is 0.763. The molecule has 0 aliphatic carbocycles. The van der Waals surface area contributed by atoms with Crippen LogP contribution in [0.5, 0.6) is 11.5 Å². The Morgan fingerprint density at radius 1 is 1.39 bits per heavy atom. The first-order valence-corrected chi connectivity index (χ1v) is 5.87. The monoisotopic (exact) mass is 251 g/mol. The summed E-state index contributed by atoms with van der Waals surface area (Å²) in [4.78, 5) is 10.6. The molecule has 0 amide bonds. The van der Waals surface area contributed by atoms with E-state index in [0.29, 0.717) is 17.9 Å². The van der Waals surface area contributed by atoms with E-state index in [-0.39, 0.29) is 12.3 Å². The fourth-order valence-electron chi connectivity index (χ4n) is 2.28. The summed E-state index contributed by atoms with van der Waals surface area (Å²) < 4.78 is 10.5. The maximum Gasteiger partial charge on any atom is 0.303 e. The Balaban J connectivity index is 2.23. The molecule has 1 aromatic rings. The van der Waals surface area contributed by atoms with Crippen molar-refractivity contribution in [2.75, 3.05) is 26.1 Å². The Hall–Kier alpha value is -1.91. The molecule has 1 aliphatic heterocycles. The fraction of sp³-hybridized carbons (Fsp3) is 0.462. The Bertz CT molecular complexity index is 459. The average molecular weight is 251 g/mol. The van der Waals surface area contributed by atoms with E-state index in [1.54, 1.807) is 14.2 Å². The predicted molar refractivity (Wildman–Crippen MR) is 67.6 cm³/mol. The standard InChI is InChI=1S/C13H17NO4/c1-17-11-5-9-8(3-4-13(15)16)7-14-10(9)6-12(11)18-2/h5-6,8,14H,3-4,7H2,1-2H3,(H,15,16). The zero-order chi connectivity index (χ0) is 13.1. The van der Waals surface area contributed by atoms with E-state index in [4.69, 9.17) is 14.6 Å². The van der Waals surface area contributed by atoms with Crippen molar-refractivity contribution < 1.29 is 19.4 Å². The molecule has 2 N–H and O–H groups in total. The van der Waals surface area contributed by atoms with E-state index in [1.165, 1.54) is 0 Å². The maximum absolute atomic E-state index is 10.6. The average Bonchev–Trinajstić information content (AvgIpc) is 2.76. The molecule has 0 bridgehead atoms. The number of ether oxygens (including phenoxy) is 2. The van der Waals surface area contributed by atoms with Gasteiger partial charge in [0.2, 0.25) is 0 Å². The van der Waals surface area contributed by atoms with E-state index in [2.05, 4.69) is 5.32 Å². The van der Waals surface area contributed by atoms with Crippen LogP contribution in [-0.2, 0) is 4.79 Å². The number of carboxylic acid groups (broad SMARTS) is 1. The third-order valence-corrected chi connectivity index (χ3v) is 3.24. The van der Waals surface area contributed by atoms with Crippen molar-refractivity contribution in [3.05, 3.63) is 17.7 Å². The summed E-state index contributed by atoms with van der Waals surface area (Å²) in [5.41, 5.74) is 2.11. The highest BCUT2D eigenvalue weighted by Crippen LogP contribution is 2.41. The van der Waals surface area contributed by atoms with Gasteiger partial charge in [0, 0.05) is 30.6 Å². The van der Waals surface area contributed by atoms with Crippen LogP contribution in [0.25, 0.3) is 0 Å². The molecule has 1 aliphatic rings. The van der Waals surface area contributed by atoms with Crippen molar-refractivity contribution in [3.63, 3.8) is 0 Å². The van der Waals surface area contributed by atoms with Crippen molar-refractivity contribution in [3.8, 4) is 11.5 Å².